The van der Waals surface area contributed by atoms with Gasteiger partial charge in [-0.15, -0.1) is 0 Å². The van der Waals surface area contributed by atoms with Gasteiger partial charge in [0.15, 0.2) is 0 Å². The van der Waals surface area contributed by atoms with Gasteiger partial charge in [0.1, 0.15) is 28.0 Å². The number of aryl methyl sites for hydroxylation is 2. The maximum absolute atomic E-state index is 14.0. The molecule has 3 rings (SSSR count). The lowest BCUT2D eigenvalue weighted by Crippen LogP contribution is -2.31. The molecule has 0 radical (unpaired) electrons. The molecule has 1 N–H and O–H groups in total. The Hall–Kier alpha value is -2.78. The predicted molar refractivity (Wildman–Crippen MR) is 99.4 cm³/mol. The van der Waals surface area contributed by atoms with Crippen molar-refractivity contribution in [2.24, 2.45) is 7.05 Å². The van der Waals surface area contributed by atoms with Crippen LogP contribution in [-0.4, -0.2) is 23.9 Å². The molecule has 0 unspecified atom stereocenters. The highest BCUT2D eigenvalue weighted by atomic mass is 35.5. The molecular weight excluding hydrogens is 412 g/mol. The van der Waals surface area contributed by atoms with E-state index in [9.17, 15) is 22.0 Å². The Kier molecular flexibility index (Phi) is 5.22. The highest BCUT2D eigenvalue weighted by Gasteiger charge is 2.26. The number of imidazole rings is 1. The summed E-state index contributed by atoms with van der Waals surface area (Å²) >= 11 is 5.95. The Labute approximate surface area is 164 Å². The van der Waals surface area contributed by atoms with E-state index in [4.69, 9.17) is 11.6 Å². The lowest BCUT2D eigenvalue weighted by Gasteiger charge is -2.10. The first kappa shape index (κ1) is 20.0. The van der Waals surface area contributed by atoms with Gasteiger partial charge < -0.3 is 4.57 Å². The van der Waals surface area contributed by atoms with Gasteiger partial charge in [-0.3, -0.25) is 4.79 Å². The summed E-state index contributed by atoms with van der Waals surface area (Å²) in [4.78, 5) is 16.1. The Morgan fingerprint density at radius 1 is 1.14 bits per heavy atom. The minimum absolute atomic E-state index is 0.0459. The number of amides is 1. The Balaban J connectivity index is 1.97. The molecule has 1 aromatic heterocycles. The molecule has 0 atom stereocenters. The number of nitrogens with one attached hydrogen (secondary N) is 1. The molecule has 0 saturated carbocycles. The fourth-order valence-corrected chi connectivity index (χ4v) is 4.50. The third kappa shape index (κ3) is 3.63. The minimum Gasteiger partial charge on any atom is -0.333 e. The molecule has 0 aliphatic rings. The van der Waals surface area contributed by atoms with Gasteiger partial charge in [0.2, 0.25) is 0 Å². The first-order valence-electron chi connectivity index (χ1n) is 7.92. The fraction of sp³-hybridized carbons (Fsp3) is 0.111. The summed E-state index contributed by atoms with van der Waals surface area (Å²) in [5.41, 5.74) is -0.398. The van der Waals surface area contributed by atoms with E-state index in [1.807, 2.05) is 4.72 Å². The molecule has 1 heterocycles. The quantitative estimate of drug-likeness (QED) is 0.694. The molecule has 0 fully saturated rings. The maximum atomic E-state index is 14.0. The number of halogens is 3. The van der Waals surface area contributed by atoms with Gasteiger partial charge in [-0.2, -0.15) is 0 Å². The topological polar surface area (TPSA) is 81.1 Å². The van der Waals surface area contributed by atoms with Crippen molar-refractivity contribution in [3.8, 4) is 11.4 Å². The molecule has 0 aliphatic carbocycles. The Morgan fingerprint density at radius 3 is 2.36 bits per heavy atom. The van der Waals surface area contributed by atoms with Gasteiger partial charge in [-0.25, -0.2) is 26.9 Å². The van der Waals surface area contributed by atoms with Crippen LogP contribution in [-0.2, 0) is 17.1 Å². The number of nitrogens with zero attached hydrogens (tertiary/aromatic N) is 2. The molecule has 1 amide bonds. The number of aromatic nitrogens is 2. The summed E-state index contributed by atoms with van der Waals surface area (Å²) in [6.07, 6.45) is 1.17. The second-order valence-electron chi connectivity index (χ2n) is 5.98. The fourth-order valence-electron chi connectivity index (χ4n) is 2.70. The maximum Gasteiger partial charge on any atom is 0.285 e. The first-order valence-corrected chi connectivity index (χ1v) is 9.78. The summed E-state index contributed by atoms with van der Waals surface area (Å²) in [5.74, 6) is -2.94. The minimum atomic E-state index is -4.28. The number of carbonyl (C=O) groups excluding carboxylic acids is 1. The van der Waals surface area contributed by atoms with Crippen LogP contribution >= 0.6 is 11.6 Å². The predicted octanol–water partition coefficient (Wildman–Crippen LogP) is 3.45. The molecule has 0 bridgehead atoms. The van der Waals surface area contributed by atoms with Gasteiger partial charge in [0, 0.05) is 13.2 Å². The van der Waals surface area contributed by atoms with Crippen molar-refractivity contribution in [3.63, 3.8) is 0 Å². The normalized spacial score (nSPS) is 11.5. The van der Waals surface area contributed by atoms with E-state index in [-0.39, 0.29) is 21.4 Å². The average molecular weight is 426 g/mol. The number of sulfonamides is 1. The Morgan fingerprint density at radius 2 is 1.75 bits per heavy atom. The molecule has 0 spiro atoms. The summed E-state index contributed by atoms with van der Waals surface area (Å²) in [6, 6.07) is 7.79. The van der Waals surface area contributed by atoms with Crippen LogP contribution in [0.4, 0.5) is 8.78 Å². The number of hydrogen-bond acceptors (Lipinski definition) is 4. The van der Waals surface area contributed by atoms with E-state index in [1.165, 1.54) is 42.9 Å². The van der Waals surface area contributed by atoms with Crippen molar-refractivity contribution >= 4 is 27.5 Å². The van der Waals surface area contributed by atoms with Crippen molar-refractivity contribution in [3.05, 3.63) is 70.5 Å². The largest absolute Gasteiger partial charge is 0.333 e. The smallest absolute Gasteiger partial charge is 0.285 e. The molecule has 28 heavy (non-hydrogen) atoms. The molecule has 2 aromatic carbocycles. The van der Waals surface area contributed by atoms with E-state index in [0.717, 1.165) is 12.1 Å². The van der Waals surface area contributed by atoms with Crippen LogP contribution in [0.15, 0.2) is 47.5 Å². The molecule has 10 heteroatoms. The summed E-state index contributed by atoms with van der Waals surface area (Å²) in [7, 11) is -2.85. The van der Waals surface area contributed by atoms with Crippen LogP contribution in [0, 0.1) is 18.6 Å². The van der Waals surface area contributed by atoms with E-state index in [0.29, 0.717) is 5.56 Å². The Bertz CT molecular complexity index is 1150. The summed E-state index contributed by atoms with van der Waals surface area (Å²) in [6.45, 7) is 1.53. The van der Waals surface area contributed by atoms with Gasteiger partial charge in [0.25, 0.3) is 15.9 Å². The summed E-state index contributed by atoms with van der Waals surface area (Å²) < 4.78 is 56.2. The van der Waals surface area contributed by atoms with Gasteiger partial charge in [-0.1, -0.05) is 29.8 Å². The number of hydrogen-bond donors (Lipinski definition) is 1. The second kappa shape index (κ2) is 7.33. The molecular formula is C18H14ClF2N3O3S. The molecule has 6 nitrogen and oxygen atoms in total. The van der Waals surface area contributed by atoms with Crippen molar-refractivity contribution in [1.29, 1.82) is 0 Å². The molecule has 0 aliphatic heterocycles. The zero-order valence-electron chi connectivity index (χ0n) is 14.7. The zero-order chi connectivity index (χ0) is 20.6. The highest BCUT2D eigenvalue weighted by Crippen LogP contribution is 2.26. The third-order valence-electron chi connectivity index (χ3n) is 3.96. The van der Waals surface area contributed by atoms with Crippen molar-refractivity contribution < 1.29 is 22.0 Å². The van der Waals surface area contributed by atoms with Crippen LogP contribution in [0.3, 0.4) is 0 Å². The highest BCUT2D eigenvalue weighted by molar-refractivity contribution is 7.90. The van der Waals surface area contributed by atoms with E-state index in [2.05, 4.69) is 4.98 Å². The van der Waals surface area contributed by atoms with Crippen LogP contribution < -0.4 is 4.72 Å². The second-order valence-corrected chi connectivity index (χ2v) is 8.00. The zero-order valence-corrected chi connectivity index (χ0v) is 16.3. The average Bonchev–Trinajstić information content (AvgIpc) is 2.96. The lowest BCUT2D eigenvalue weighted by atomic mass is 10.2. The van der Waals surface area contributed by atoms with E-state index >= 15 is 0 Å². The van der Waals surface area contributed by atoms with Crippen LogP contribution in [0.1, 0.15) is 16.1 Å². The van der Waals surface area contributed by atoms with Gasteiger partial charge in [-0.05, 0) is 30.7 Å². The lowest BCUT2D eigenvalue weighted by molar-refractivity contribution is 0.0977. The van der Waals surface area contributed by atoms with Crippen LogP contribution in [0.2, 0.25) is 5.02 Å². The number of benzene rings is 2. The third-order valence-corrected chi connectivity index (χ3v) is 5.92. The van der Waals surface area contributed by atoms with E-state index in [1.54, 1.807) is 6.07 Å². The van der Waals surface area contributed by atoms with Crippen LogP contribution in [0.25, 0.3) is 11.4 Å². The number of rotatable bonds is 4. The van der Waals surface area contributed by atoms with Gasteiger partial charge in [0.05, 0.1) is 10.6 Å². The summed E-state index contributed by atoms with van der Waals surface area (Å²) in [5, 5.41) is -0.0459. The van der Waals surface area contributed by atoms with Crippen LogP contribution in [0.5, 0.6) is 0 Å². The molecule has 3 aromatic rings. The van der Waals surface area contributed by atoms with Crippen molar-refractivity contribution in [1.82, 2.24) is 14.3 Å². The molecule has 146 valence electrons. The van der Waals surface area contributed by atoms with E-state index < -0.39 is 33.1 Å². The first-order chi connectivity index (χ1) is 13.1. The molecule has 0 saturated heterocycles. The monoisotopic (exact) mass is 425 g/mol. The number of carbonyl (C=O) groups is 1. The standard InChI is InChI=1S/C18H14ClF2N3O3S/c1-10-5-3-6-11(19)16(10)28(26,27)23-18(25)14-9-24(2)17(22-14)15-12(20)7-4-8-13(15)21/h3-9H,1-2H3,(H,23,25). The van der Waals surface area contributed by atoms with Gasteiger partial charge >= 0.3 is 0 Å². The van der Waals surface area contributed by atoms with Crippen molar-refractivity contribution in [2.45, 2.75) is 11.8 Å². The SMILES string of the molecule is Cc1cccc(Cl)c1S(=O)(=O)NC(=O)c1cn(C)c(-c2c(F)cccc2F)n1. The van der Waals surface area contributed by atoms with Crippen molar-refractivity contribution in [2.75, 3.05) is 0 Å².